The topological polar surface area (TPSA) is 180 Å². The van der Waals surface area contributed by atoms with Crippen LogP contribution in [-0.4, -0.2) is 54.6 Å². The number of carbonyl (C=O) groups is 2. The van der Waals surface area contributed by atoms with Crippen LogP contribution in [0.2, 0.25) is 0 Å². The molecule has 214 valence electrons. The van der Waals surface area contributed by atoms with Crippen molar-refractivity contribution in [1.29, 1.82) is 5.41 Å². The van der Waals surface area contributed by atoms with Crippen molar-refractivity contribution < 1.29 is 36.3 Å². The van der Waals surface area contributed by atoms with E-state index in [4.69, 9.17) is 22.0 Å². The van der Waals surface area contributed by atoms with Crippen LogP contribution >= 0.6 is 44.5 Å². The summed E-state index contributed by atoms with van der Waals surface area (Å²) in [6, 6.07) is 4.42. The van der Waals surface area contributed by atoms with Crippen molar-refractivity contribution in [3.63, 3.8) is 0 Å². The molecule has 0 heterocycles. The van der Waals surface area contributed by atoms with Crippen LogP contribution in [0.1, 0.15) is 24.0 Å². The highest BCUT2D eigenvalue weighted by Gasteiger charge is 2.31. The first-order valence-electron chi connectivity index (χ1n) is 10.9. The number of carbonyl (C=O) groups excluding carboxylic acids is 1. The summed E-state index contributed by atoms with van der Waals surface area (Å²) in [5.74, 6) is -4.06. The van der Waals surface area contributed by atoms with Crippen LogP contribution in [0, 0.1) is 5.41 Å². The predicted molar refractivity (Wildman–Crippen MR) is 148 cm³/mol. The number of carboxylic acids is 1. The number of guanidine groups is 1. The monoisotopic (exact) mass is 717 g/mol. The van der Waals surface area contributed by atoms with Gasteiger partial charge in [-0.2, -0.15) is 13.2 Å². The number of benzene rings is 2. The molecule has 39 heavy (non-hydrogen) atoms. The van der Waals surface area contributed by atoms with Gasteiger partial charge in [0.05, 0.1) is 20.6 Å². The second-order valence-corrected chi connectivity index (χ2v) is 12.3. The molecule has 0 saturated heterocycles. The van der Waals surface area contributed by atoms with Crippen LogP contribution < -0.4 is 16.8 Å². The number of halogens is 5. The van der Waals surface area contributed by atoms with Crippen molar-refractivity contribution in [2.75, 3.05) is 17.6 Å². The standard InChI is InChI=1S/C22H24Br2F3N5O5S2/c23-13-8-15(39(36,37)10-16(33)32(21(29)30)7-1-2-14(28)20(34)35)19(38)18(17(13)24)31-9-11-3-5-12(6-4-11)22(25,26)27/h3-6,8,14,31,38H,1-2,7,9-10,28H2,(H3,29,30)(H,34,35). The van der Waals surface area contributed by atoms with E-state index in [9.17, 15) is 31.2 Å². The third kappa shape index (κ3) is 8.83. The van der Waals surface area contributed by atoms with Crippen molar-refractivity contribution in [1.82, 2.24) is 4.90 Å². The lowest BCUT2D eigenvalue weighted by Gasteiger charge is -2.22. The maximum atomic E-state index is 13.2. The van der Waals surface area contributed by atoms with E-state index in [1.54, 1.807) is 0 Å². The summed E-state index contributed by atoms with van der Waals surface area (Å²) in [4.78, 5) is 24.0. The highest BCUT2D eigenvalue weighted by molar-refractivity contribution is 9.13. The number of anilines is 1. The number of aliphatic carboxylic acids is 1. The second kappa shape index (κ2) is 13.3. The summed E-state index contributed by atoms with van der Waals surface area (Å²) >= 11 is 10.9. The van der Waals surface area contributed by atoms with Gasteiger partial charge in [0.2, 0.25) is 5.91 Å². The predicted octanol–water partition coefficient (Wildman–Crippen LogP) is 3.82. The number of rotatable bonds is 11. The molecule has 0 aliphatic carbocycles. The molecule has 10 nitrogen and oxygen atoms in total. The molecular weight excluding hydrogens is 695 g/mol. The zero-order valence-electron chi connectivity index (χ0n) is 19.9. The number of nitrogens with one attached hydrogen (secondary N) is 2. The number of alkyl halides is 3. The highest BCUT2D eigenvalue weighted by atomic mass is 79.9. The molecule has 0 radical (unpaired) electrons. The fraction of sp³-hybridized carbons (Fsp3) is 0.318. The molecule has 0 fully saturated rings. The minimum atomic E-state index is -4.48. The van der Waals surface area contributed by atoms with Crippen LogP contribution in [0.15, 0.2) is 49.1 Å². The molecule has 0 aromatic heterocycles. The number of sulfone groups is 1. The summed E-state index contributed by atoms with van der Waals surface area (Å²) in [7, 11) is -4.34. The zero-order chi connectivity index (χ0) is 29.7. The molecule has 1 amide bonds. The summed E-state index contributed by atoms with van der Waals surface area (Å²) in [5, 5.41) is 19.4. The van der Waals surface area contributed by atoms with E-state index in [1.807, 2.05) is 0 Å². The first-order chi connectivity index (χ1) is 18.0. The Morgan fingerprint density at radius 1 is 1.21 bits per heavy atom. The summed E-state index contributed by atoms with van der Waals surface area (Å²) < 4.78 is 65.5. The van der Waals surface area contributed by atoms with E-state index in [2.05, 4.69) is 49.8 Å². The van der Waals surface area contributed by atoms with E-state index in [0.717, 1.165) is 12.1 Å². The molecule has 2 aromatic carbocycles. The smallest absolute Gasteiger partial charge is 0.416 e. The Morgan fingerprint density at radius 2 is 1.79 bits per heavy atom. The maximum absolute atomic E-state index is 13.2. The fourth-order valence-corrected chi connectivity index (χ4v) is 6.47. The summed E-state index contributed by atoms with van der Waals surface area (Å²) in [6.45, 7) is -0.196. The number of amides is 1. The number of thiol groups is 1. The van der Waals surface area contributed by atoms with Gasteiger partial charge in [-0.05, 0) is 68.5 Å². The fourth-order valence-electron chi connectivity index (χ4n) is 3.28. The van der Waals surface area contributed by atoms with Crippen LogP contribution in [0.4, 0.5) is 18.9 Å². The van der Waals surface area contributed by atoms with Gasteiger partial charge >= 0.3 is 12.1 Å². The normalized spacial score (nSPS) is 12.6. The Kier molecular flexibility index (Phi) is 11.2. The lowest BCUT2D eigenvalue weighted by molar-refractivity contribution is -0.139. The third-order valence-electron chi connectivity index (χ3n) is 5.36. The minimum absolute atomic E-state index is 0.0236. The van der Waals surface area contributed by atoms with Crippen molar-refractivity contribution in [2.24, 2.45) is 11.5 Å². The highest BCUT2D eigenvalue weighted by Crippen LogP contribution is 2.40. The van der Waals surface area contributed by atoms with Gasteiger partial charge in [-0.15, -0.1) is 12.6 Å². The van der Waals surface area contributed by atoms with Crippen molar-refractivity contribution in [3.8, 4) is 0 Å². The summed E-state index contributed by atoms with van der Waals surface area (Å²) in [5.41, 5.74) is 10.7. The first-order valence-corrected chi connectivity index (χ1v) is 14.6. The van der Waals surface area contributed by atoms with Gasteiger partial charge in [0.25, 0.3) is 0 Å². The molecule has 0 bridgehead atoms. The Bertz CT molecular complexity index is 1360. The molecule has 0 spiro atoms. The summed E-state index contributed by atoms with van der Waals surface area (Å²) in [6.07, 6.45) is -4.46. The maximum Gasteiger partial charge on any atom is 0.416 e. The molecule has 1 atom stereocenters. The molecule has 0 aliphatic rings. The number of nitrogens with zero attached hydrogens (tertiary/aromatic N) is 1. The minimum Gasteiger partial charge on any atom is -0.480 e. The van der Waals surface area contributed by atoms with Gasteiger partial charge in [-0.1, -0.05) is 12.1 Å². The molecule has 2 aromatic rings. The average Bonchev–Trinajstić information content (AvgIpc) is 2.82. The van der Waals surface area contributed by atoms with E-state index < -0.39 is 51.2 Å². The number of hydrogen-bond acceptors (Lipinski definition) is 8. The average molecular weight is 719 g/mol. The molecule has 1 unspecified atom stereocenters. The van der Waals surface area contributed by atoms with E-state index in [0.29, 0.717) is 14.9 Å². The SMILES string of the molecule is N=C(N)N(CCCC(N)C(=O)O)C(=O)CS(=O)(=O)c1cc(Br)c(Br)c(NCc2ccc(C(F)(F)F)cc2)c1S. The van der Waals surface area contributed by atoms with Gasteiger partial charge in [0.15, 0.2) is 15.8 Å². The van der Waals surface area contributed by atoms with E-state index in [1.165, 1.54) is 18.2 Å². The van der Waals surface area contributed by atoms with Crippen molar-refractivity contribution >= 4 is 77.8 Å². The van der Waals surface area contributed by atoms with Crippen LogP contribution in [0.3, 0.4) is 0 Å². The lowest BCUT2D eigenvalue weighted by Crippen LogP contribution is -2.45. The van der Waals surface area contributed by atoms with Crippen LogP contribution in [0.5, 0.6) is 0 Å². The molecule has 2 rings (SSSR count). The van der Waals surface area contributed by atoms with Gasteiger partial charge in [-0.25, -0.2) is 8.42 Å². The lowest BCUT2D eigenvalue weighted by atomic mass is 10.1. The molecule has 0 aliphatic heterocycles. The third-order valence-corrected chi connectivity index (χ3v) is 9.58. The quantitative estimate of drug-likeness (QED) is 0.115. The molecule has 17 heteroatoms. The zero-order valence-corrected chi connectivity index (χ0v) is 24.8. The first kappa shape index (κ1) is 32.9. The molecular formula is C22H24Br2F3N5O5S2. The Hall–Kier alpha value is -2.34. The Morgan fingerprint density at radius 3 is 2.31 bits per heavy atom. The Labute approximate surface area is 244 Å². The van der Waals surface area contributed by atoms with Gasteiger partial charge in [0.1, 0.15) is 11.8 Å². The number of nitrogens with two attached hydrogens (primary N) is 2. The Balaban J connectivity index is 2.25. The molecule has 7 N–H and O–H groups in total. The van der Waals surface area contributed by atoms with Gasteiger partial charge in [-0.3, -0.25) is 19.9 Å². The molecule has 0 saturated carbocycles. The van der Waals surface area contributed by atoms with Gasteiger partial charge < -0.3 is 21.9 Å². The van der Waals surface area contributed by atoms with E-state index in [-0.39, 0.29) is 45.9 Å². The number of hydrogen-bond donors (Lipinski definition) is 6. The number of carboxylic acid groups (broad SMARTS) is 1. The van der Waals surface area contributed by atoms with Crippen LogP contribution in [0.25, 0.3) is 0 Å². The van der Waals surface area contributed by atoms with Crippen LogP contribution in [-0.2, 0) is 32.1 Å². The van der Waals surface area contributed by atoms with Gasteiger partial charge in [0, 0.05) is 22.5 Å². The van der Waals surface area contributed by atoms with E-state index >= 15 is 0 Å². The van der Waals surface area contributed by atoms with Crippen molar-refractivity contribution in [3.05, 3.63) is 50.4 Å². The second-order valence-electron chi connectivity index (χ2n) is 8.22. The largest absolute Gasteiger partial charge is 0.480 e. The van der Waals surface area contributed by atoms with Crippen molar-refractivity contribution in [2.45, 2.75) is 41.4 Å².